The van der Waals surface area contributed by atoms with Crippen molar-refractivity contribution in [2.75, 3.05) is 19.8 Å². The van der Waals surface area contributed by atoms with Crippen molar-refractivity contribution >= 4 is 5.91 Å². The number of hydrogen-bond acceptors (Lipinski definition) is 5. The number of benzene rings is 1. The molecule has 6 nitrogen and oxygen atoms in total. The Morgan fingerprint density at radius 3 is 2.79 bits per heavy atom. The molecule has 3 rings (SSSR count). The van der Waals surface area contributed by atoms with Gasteiger partial charge in [0.15, 0.2) is 0 Å². The van der Waals surface area contributed by atoms with E-state index >= 15 is 0 Å². The van der Waals surface area contributed by atoms with Crippen molar-refractivity contribution in [3.8, 4) is 0 Å². The van der Waals surface area contributed by atoms with Crippen molar-refractivity contribution in [2.45, 2.75) is 31.6 Å². The first-order valence-corrected chi connectivity index (χ1v) is 7.98. The molecule has 1 aromatic carbocycles. The summed E-state index contributed by atoms with van der Waals surface area (Å²) >= 11 is 0. The minimum absolute atomic E-state index is 0.116. The highest BCUT2D eigenvalue weighted by molar-refractivity contribution is 5.78. The van der Waals surface area contributed by atoms with Crippen LogP contribution < -0.4 is 5.32 Å². The fourth-order valence-corrected chi connectivity index (χ4v) is 3.04. The molecular formula is C17H20FN3O3. The Hall–Kier alpha value is -2.28. The molecule has 0 radical (unpaired) electrons. The first-order chi connectivity index (χ1) is 11.6. The number of halogens is 1. The SMILES string of the molecule is Cc1nonc1CC(=O)NCC1(c2cccc(F)c2)CCOCC1. The fourth-order valence-electron chi connectivity index (χ4n) is 3.04. The quantitative estimate of drug-likeness (QED) is 0.904. The lowest BCUT2D eigenvalue weighted by atomic mass is 9.74. The molecule has 0 atom stereocenters. The van der Waals surface area contributed by atoms with Gasteiger partial charge in [-0.1, -0.05) is 22.4 Å². The molecule has 1 fully saturated rings. The highest BCUT2D eigenvalue weighted by atomic mass is 19.1. The van der Waals surface area contributed by atoms with Gasteiger partial charge in [-0.2, -0.15) is 0 Å². The summed E-state index contributed by atoms with van der Waals surface area (Å²) in [6.45, 7) is 3.37. The molecule has 0 saturated carbocycles. The van der Waals surface area contributed by atoms with Gasteiger partial charge in [-0.05, 0) is 37.5 Å². The van der Waals surface area contributed by atoms with Gasteiger partial charge in [0.2, 0.25) is 5.91 Å². The van der Waals surface area contributed by atoms with Crippen LogP contribution in [0.4, 0.5) is 4.39 Å². The number of carbonyl (C=O) groups excluding carboxylic acids is 1. The zero-order chi connectivity index (χ0) is 17.0. The normalized spacial score (nSPS) is 16.8. The van der Waals surface area contributed by atoms with E-state index in [-0.39, 0.29) is 23.6 Å². The number of nitrogens with one attached hydrogen (secondary N) is 1. The first-order valence-electron chi connectivity index (χ1n) is 7.98. The largest absolute Gasteiger partial charge is 0.381 e. The Kier molecular flexibility index (Phi) is 4.89. The molecule has 1 aliphatic rings. The summed E-state index contributed by atoms with van der Waals surface area (Å²) in [5.41, 5.74) is 1.72. The molecule has 128 valence electrons. The lowest BCUT2D eigenvalue weighted by Crippen LogP contribution is -2.45. The Bertz CT molecular complexity index is 711. The maximum Gasteiger partial charge on any atom is 0.226 e. The molecule has 0 unspecified atom stereocenters. The molecule has 2 heterocycles. The van der Waals surface area contributed by atoms with Crippen LogP contribution in [0, 0.1) is 12.7 Å². The molecule has 2 aromatic rings. The standard InChI is InChI=1S/C17H20FN3O3/c1-12-15(21-24-20-12)10-16(22)19-11-17(5-7-23-8-6-17)13-3-2-4-14(18)9-13/h2-4,9H,5-8,10-11H2,1H3,(H,19,22). The number of aromatic nitrogens is 2. The van der Waals surface area contributed by atoms with Gasteiger partial charge in [0.25, 0.3) is 0 Å². The maximum atomic E-state index is 13.6. The van der Waals surface area contributed by atoms with Gasteiger partial charge in [0.05, 0.1) is 6.42 Å². The van der Waals surface area contributed by atoms with Crippen LogP contribution in [-0.4, -0.2) is 36.0 Å². The summed E-state index contributed by atoms with van der Waals surface area (Å²) in [7, 11) is 0. The van der Waals surface area contributed by atoms with Crippen molar-refractivity contribution in [3.63, 3.8) is 0 Å². The molecule has 7 heteroatoms. The highest BCUT2D eigenvalue weighted by Crippen LogP contribution is 2.34. The van der Waals surface area contributed by atoms with Gasteiger partial charge in [-0.15, -0.1) is 0 Å². The van der Waals surface area contributed by atoms with Crippen molar-refractivity contribution < 1.29 is 18.6 Å². The number of rotatable bonds is 5. The first kappa shape index (κ1) is 16.6. The van der Waals surface area contributed by atoms with Gasteiger partial charge in [0.1, 0.15) is 17.2 Å². The van der Waals surface area contributed by atoms with Crippen LogP contribution in [0.5, 0.6) is 0 Å². The van der Waals surface area contributed by atoms with Gasteiger partial charge < -0.3 is 10.1 Å². The lowest BCUT2D eigenvalue weighted by Gasteiger charge is -2.38. The van der Waals surface area contributed by atoms with E-state index in [1.807, 2.05) is 6.07 Å². The third kappa shape index (κ3) is 3.62. The second-order valence-corrected chi connectivity index (χ2v) is 6.15. The van der Waals surface area contributed by atoms with E-state index in [1.54, 1.807) is 19.1 Å². The van der Waals surface area contributed by atoms with E-state index in [4.69, 9.17) is 4.74 Å². The monoisotopic (exact) mass is 333 g/mol. The molecule has 0 aliphatic carbocycles. The molecule has 1 aliphatic heterocycles. The molecule has 1 amide bonds. The average molecular weight is 333 g/mol. The van der Waals surface area contributed by atoms with Gasteiger partial charge in [-0.25, -0.2) is 9.02 Å². The highest BCUT2D eigenvalue weighted by Gasteiger charge is 2.35. The number of hydrogen-bond donors (Lipinski definition) is 1. The summed E-state index contributed by atoms with van der Waals surface area (Å²) < 4.78 is 23.7. The van der Waals surface area contributed by atoms with Crippen LogP contribution in [0.25, 0.3) is 0 Å². The van der Waals surface area contributed by atoms with Crippen LogP contribution in [0.1, 0.15) is 29.8 Å². The number of amides is 1. The summed E-state index contributed by atoms with van der Waals surface area (Å²) in [5, 5.41) is 10.3. The molecule has 1 N–H and O–H groups in total. The second-order valence-electron chi connectivity index (χ2n) is 6.15. The maximum absolute atomic E-state index is 13.6. The van der Waals surface area contributed by atoms with Gasteiger partial charge in [0, 0.05) is 25.2 Å². The third-order valence-corrected chi connectivity index (χ3v) is 4.59. The minimum atomic E-state index is -0.312. The van der Waals surface area contributed by atoms with E-state index < -0.39 is 0 Å². The van der Waals surface area contributed by atoms with E-state index in [0.29, 0.717) is 31.1 Å². The number of nitrogens with zero attached hydrogens (tertiary/aromatic N) is 2. The molecule has 1 saturated heterocycles. The minimum Gasteiger partial charge on any atom is -0.381 e. The average Bonchev–Trinajstić information content (AvgIpc) is 2.99. The summed E-state index contributed by atoms with van der Waals surface area (Å²) in [6.07, 6.45) is 1.59. The topological polar surface area (TPSA) is 77.2 Å². The van der Waals surface area contributed by atoms with Gasteiger partial charge >= 0.3 is 0 Å². The molecule has 24 heavy (non-hydrogen) atoms. The molecule has 0 spiro atoms. The Morgan fingerprint density at radius 1 is 1.33 bits per heavy atom. The van der Waals surface area contributed by atoms with E-state index in [0.717, 1.165) is 18.4 Å². The van der Waals surface area contributed by atoms with Crippen molar-refractivity contribution in [2.24, 2.45) is 0 Å². The van der Waals surface area contributed by atoms with E-state index in [9.17, 15) is 9.18 Å². The van der Waals surface area contributed by atoms with Crippen molar-refractivity contribution in [3.05, 3.63) is 47.0 Å². The van der Waals surface area contributed by atoms with E-state index in [2.05, 4.69) is 20.3 Å². The van der Waals surface area contributed by atoms with Crippen molar-refractivity contribution in [1.29, 1.82) is 0 Å². The second kappa shape index (κ2) is 7.09. The Labute approximate surface area is 139 Å². The molecular weight excluding hydrogens is 313 g/mol. The number of carbonyl (C=O) groups is 1. The summed E-state index contributed by atoms with van der Waals surface area (Å²) in [6, 6.07) is 6.58. The van der Waals surface area contributed by atoms with Gasteiger partial charge in [-0.3, -0.25) is 4.79 Å². The predicted molar refractivity (Wildman–Crippen MR) is 83.9 cm³/mol. The summed E-state index contributed by atoms with van der Waals surface area (Å²) in [5.74, 6) is -0.426. The number of aryl methyl sites for hydroxylation is 1. The smallest absolute Gasteiger partial charge is 0.226 e. The Balaban J connectivity index is 1.71. The van der Waals surface area contributed by atoms with Crippen LogP contribution in [0.3, 0.4) is 0 Å². The predicted octanol–water partition coefficient (Wildman–Crippen LogP) is 1.92. The Morgan fingerprint density at radius 2 is 2.12 bits per heavy atom. The van der Waals surface area contributed by atoms with Crippen LogP contribution in [0.15, 0.2) is 28.9 Å². The zero-order valence-corrected chi connectivity index (χ0v) is 13.5. The van der Waals surface area contributed by atoms with Crippen LogP contribution >= 0.6 is 0 Å². The zero-order valence-electron chi connectivity index (χ0n) is 13.5. The summed E-state index contributed by atoms with van der Waals surface area (Å²) in [4.78, 5) is 12.2. The fraction of sp³-hybridized carbons (Fsp3) is 0.471. The lowest BCUT2D eigenvalue weighted by molar-refractivity contribution is -0.121. The van der Waals surface area contributed by atoms with Crippen LogP contribution in [0.2, 0.25) is 0 Å². The molecule has 0 bridgehead atoms. The van der Waals surface area contributed by atoms with Crippen LogP contribution in [-0.2, 0) is 21.4 Å². The van der Waals surface area contributed by atoms with Crippen molar-refractivity contribution in [1.82, 2.24) is 15.6 Å². The molecule has 1 aromatic heterocycles. The third-order valence-electron chi connectivity index (χ3n) is 4.59. The van der Waals surface area contributed by atoms with E-state index in [1.165, 1.54) is 6.07 Å². The number of ether oxygens (including phenoxy) is 1.